The Hall–Kier alpha value is -1.63. The maximum atomic E-state index is 10.7. The molecule has 0 aliphatic rings. The van der Waals surface area contributed by atoms with Crippen LogP contribution in [0.2, 0.25) is 0 Å². The fourth-order valence-corrected chi connectivity index (χ4v) is 1.15. The van der Waals surface area contributed by atoms with Crippen molar-refractivity contribution in [2.45, 2.75) is 12.5 Å². The number of carboxylic acid groups (broad SMARTS) is 1. The highest BCUT2D eigenvalue weighted by molar-refractivity contribution is 5.73. The lowest BCUT2D eigenvalue weighted by molar-refractivity contribution is -0.140. The van der Waals surface area contributed by atoms with E-state index in [1.54, 1.807) is 17.7 Å². The van der Waals surface area contributed by atoms with E-state index in [1.807, 2.05) is 0 Å². The molecule has 1 aromatic rings. The van der Waals surface area contributed by atoms with Crippen molar-refractivity contribution in [1.29, 1.82) is 0 Å². The van der Waals surface area contributed by atoms with Gasteiger partial charge in [0.25, 0.3) is 0 Å². The number of carbonyl (C=O) groups is 1. The van der Waals surface area contributed by atoms with Crippen LogP contribution in [-0.2, 0) is 11.2 Å². The Morgan fingerprint density at radius 2 is 1.93 bits per heavy atom. The molecule has 0 spiro atoms. The summed E-state index contributed by atoms with van der Waals surface area (Å²) in [7, 11) is 0. The van der Waals surface area contributed by atoms with E-state index in [9.17, 15) is 4.79 Å². The molecule has 0 heterocycles. The Labute approximate surface area is 86.1 Å². The van der Waals surface area contributed by atoms with Gasteiger partial charge in [0.05, 0.1) is 0 Å². The number of benzene rings is 1. The van der Waals surface area contributed by atoms with E-state index in [0.29, 0.717) is 0 Å². The Morgan fingerprint density at radius 1 is 1.33 bits per heavy atom. The first-order valence-corrected chi connectivity index (χ1v) is 4.29. The summed E-state index contributed by atoms with van der Waals surface area (Å²) in [4.78, 5) is 10.7. The van der Waals surface area contributed by atoms with Crippen LogP contribution >= 0.6 is 0 Å². The van der Waals surface area contributed by atoms with E-state index in [2.05, 4.69) is 5.43 Å². The lowest BCUT2D eigenvalue weighted by Gasteiger charge is -2.12. The van der Waals surface area contributed by atoms with Gasteiger partial charge in [-0.1, -0.05) is 12.1 Å². The molecule has 0 aliphatic heterocycles. The molecule has 0 fully saturated rings. The Balaban J connectivity index is 2.65. The molecule has 1 rings (SSSR count). The van der Waals surface area contributed by atoms with Gasteiger partial charge < -0.3 is 15.4 Å². The Bertz CT molecular complexity index is 325. The van der Waals surface area contributed by atoms with E-state index in [0.717, 1.165) is 5.56 Å². The van der Waals surface area contributed by atoms with E-state index in [4.69, 9.17) is 15.4 Å². The molecule has 0 radical (unpaired) electrons. The van der Waals surface area contributed by atoms with Crippen molar-refractivity contribution in [1.82, 2.24) is 11.0 Å². The van der Waals surface area contributed by atoms with Gasteiger partial charge in [-0.15, -0.1) is 5.59 Å². The molecule has 6 heteroatoms. The van der Waals surface area contributed by atoms with Gasteiger partial charge in [0.15, 0.2) is 0 Å². The van der Waals surface area contributed by atoms with Gasteiger partial charge in [0.1, 0.15) is 11.8 Å². The van der Waals surface area contributed by atoms with Gasteiger partial charge in [-0.25, -0.2) is 5.43 Å². The van der Waals surface area contributed by atoms with Gasteiger partial charge in [-0.2, -0.15) is 0 Å². The molecule has 5 N–H and O–H groups in total. The molecule has 0 amide bonds. The molecule has 0 unspecified atom stereocenters. The summed E-state index contributed by atoms with van der Waals surface area (Å²) in [6, 6.07) is 5.25. The number of aromatic hydroxyl groups is 1. The fraction of sp³-hybridized carbons (Fsp3) is 0.222. The molecule has 1 aromatic carbocycles. The molecule has 15 heavy (non-hydrogen) atoms. The lowest BCUT2D eigenvalue weighted by atomic mass is 10.1. The van der Waals surface area contributed by atoms with Crippen molar-refractivity contribution >= 4 is 5.97 Å². The molecular formula is C9H12N2O4. The zero-order chi connectivity index (χ0) is 11.3. The van der Waals surface area contributed by atoms with Gasteiger partial charge in [-0.3, -0.25) is 4.79 Å². The maximum absolute atomic E-state index is 10.7. The number of aliphatic carboxylic acids is 1. The van der Waals surface area contributed by atoms with Crippen molar-refractivity contribution in [3.8, 4) is 5.75 Å². The normalized spacial score (nSPS) is 12.3. The number of phenols is 1. The van der Waals surface area contributed by atoms with E-state index < -0.39 is 12.0 Å². The number of hydrazine groups is 1. The van der Waals surface area contributed by atoms with Crippen LogP contribution in [0.15, 0.2) is 24.3 Å². The van der Waals surface area contributed by atoms with Crippen LogP contribution in [0.1, 0.15) is 5.56 Å². The number of nitrogens with one attached hydrogen (secondary N) is 2. The van der Waals surface area contributed by atoms with E-state index in [-0.39, 0.29) is 12.2 Å². The van der Waals surface area contributed by atoms with Crippen molar-refractivity contribution in [2.24, 2.45) is 0 Å². The first-order valence-electron chi connectivity index (χ1n) is 4.29. The molecule has 0 saturated carbocycles. The van der Waals surface area contributed by atoms with Crippen LogP contribution in [0.4, 0.5) is 0 Å². The summed E-state index contributed by atoms with van der Waals surface area (Å²) in [5.41, 5.74) is 4.53. The smallest absolute Gasteiger partial charge is 0.322 e. The first kappa shape index (κ1) is 11.4. The third-order valence-electron chi connectivity index (χ3n) is 1.91. The number of phenolic OH excluding ortho intramolecular Hbond substituents is 1. The van der Waals surface area contributed by atoms with Crippen molar-refractivity contribution in [3.05, 3.63) is 29.8 Å². The summed E-state index contributed by atoms with van der Waals surface area (Å²) >= 11 is 0. The molecule has 6 nitrogen and oxygen atoms in total. The third kappa shape index (κ3) is 3.55. The minimum absolute atomic E-state index is 0.124. The SMILES string of the molecule is O=C(O)[C@H](Cc1ccc(O)cc1)NNO. The van der Waals surface area contributed by atoms with Crippen molar-refractivity contribution in [2.75, 3.05) is 0 Å². The van der Waals surface area contributed by atoms with Gasteiger partial charge in [0, 0.05) is 0 Å². The van der Waals surface area contributed by atoms with Gasteiger partial charge in [-0.05, 0) is 24.1 Å². The van der Waals surface area contributed by atoms with Crippen LogP contribution < -0.4 is 11.0 Å². The fourth-order valence-electron chi connectivity index (χ4n) is 1.15. The van der Waals surface area contributed by atoms with E-state index >= 15 is 0 Å². The zero-order valence-corrected chi connectivity index (χ0v) is 7.84. The summed E-state index contributed by atoms with van der Waals surface area (Å²) < 4.78 is 0. The minimum atomic E-state index is -1.08. The van der Waals surface area contributed by atoms with Gasteiger partial charge >= 0.3 is 5.97 Å². The lowest BCUT2D eigenvalue weighted by Crippen LogP contribution is -2.45. The number of hydrogen-bond acceptors (Lipinski definition) is 5. The molecule has 1 atom stereocenters. The molecule has 0 aliphatic carbocycles. The maximum Gasteiger partial charge on any atom is 0.322 e. The largest absolute Gasteiger partial charge is 0.508 e. The summed E-state index contributed by atoms with van der Waals surface area (Å²) in [6.45, 7) is 0. The average Bonchev–Trinajstić information content (AvgIpc) is 2.20. The second-order valence-electron chi connectivity index (χ2n) is 3.02. The summed E-state index contributed by atoms with van der Waals surface area (Å²) in [5.74, 6) is -0.955. The highest BCUT2D eigenvalue weighted by Crippen LogP contribution is 2.11. The highest BCUT2D eigenvalue weighted by atomic mass is 16.5. The third-order valence-corrected chi connectivity index (χ3v) is 1.91. The van der Waals surface area contributed by atoms with E-state index in [1.165, 1.54) is 12.1 Å². The van der Waals surface area contributed by atoms with Crippen LogP contribution in [0, 0.1) is 0 Å². The average molecular weight is 212 g/mol. The van der Waals surface area contributed by atoms with Gasteiger partial charge in [0.2, 0.25) is 0 Å². The molecular weight excluding hydrogens is 200 g/mol. The zero-order valence-electron chi connectivity index (χ0n) is 7.84. The highest BCUT2D eigenvalue weighted by Gasteiger charge is 2.16. The molecule has 0 aromatic heterocycles. The monoisotopic (exact) mass is 212 g/mol. The topological polar surface area (TPSA) is 102 Å². The van der Waals surface area contributed by atoms with Crippen LogP contribution in [0.5, 0.6) is 5.75 Å². The predicted octanol–water partition coefficient (Wildman–Crippen LogP) is -0.129. The second-order valence-corrected chi connectivity index (χ2v) is 3.02. The number of hydrogen-bond donors (Lipinski definition) is 5. The summed E-state index contributed by atoms with van der Waals surface area (Å²) in [5, 5.41) is 26.1. The molecule has 0 bridgehead atoms. The quantitative estimate of drug-likeness (QED) is 0.436. The standard InChI is InChI=1S/C9H12N2O4/c12-7-3-1-6(2-4-7)5-8(9(13)14)10-11-15/h1-4,8,10-12,15H,5H2,(H,13,14)/t8-/m0/s1. The Morgan fingerprint density at radius 3 is 2.40 bits per heavy atom. The first-order chi connectivity index (χ1) is 7.13. The van der Waals surface area contributed by atoms with Crippen LogP contribution in [0.3, 0.4) is 0 Å². The number of carboxylic acids is 1. The van der Waals surface area contributed by atoms with Crippen molar-refractivity contribution in [3.63, 3.8) is 0 Å². The predicted molar refractivity (Wildman–Crippen MR) is 51.3 cm³/mol. The van der Waals surface area contributed by atoms with Crippen LogP contribution in [-0.4, -0.2) is 27.4 Å². The van der Waals surface area contributed by atoms with Crippen LogP contribution in [0.25, 0.3) is 0 Å². The van der Waals surface area contributed by atoms with Crippen molar-refractivity contribution < 1.29 is 20.2 Å². The summed E-state index contributed by atoms with van der Waals surface area (Å²) in [6.07, 6.45) is 0.198. The minimum Gasteiger partial charge on any atom is -0.508 e. The number of rotatable bonds is 5. The second kappa shape index (κ2) is 5.30. The molecule has 0 saturated heterocycles. The molecule has 82 valence electrons. The Kier molecular flexibility index (Phi) is 4.04.